The van der Waals surface area contributed by atoms with Gasteiger partial charge in [0.1, 0.15) is 0 Å². The SMILES string of the molecule is CC(C(=O)NN)C(C)N1CCN(C)C(=O)C1(C)C. The molecule has 6 heteroatoms. The molecule has 0 bridgehead atoms. The van der Waals surface area contributed by atoms with Crippen LogP contribution in [0.25, 0.3) is 0 Å². The number of nitrogens with one attached hydrogen (secondary N) is 1. The second kappa shape index (κ2) is 5.24. The zero-order chi connectivity index (χ0) is 14.1. The maximum absolute atomic E-state index is 12.2. The molecule has 1 saturated heterocycles. The Kier molecular flexibility index (Phi) is 4.34. The Morgan fingerprint density at radius 3 is 2.44 bits per heavy atom. The van der Waals surface area contributed by atoms with Gasteiger partial charge in [-0.3, -0.25) is 19.9 Å². The molecule has 0 spiro atoms. The first kappa shape index (κ1) is 14.9. The topological polar surface area (TPSA) is 78.7 Å². The van der Waals surface area contributed by atoms with Crippen LogP contribution in [0.3, 0.4) is 0 Å². The summed E-state index contributed by atoms with van der Waals surface area (Å²) in [5, 5.41) is 0. The number of carbonyl (C=O) groups excluding carboxylic acids is 2. The highest BCUT2D eigenvalue weighted by atomic mass is 16.2. The van der Waals surface area contributed by atoms with Gasteiger partial charge in [-0.05, 0) is 20.8 Å². The molecule has 6 nitrogen and oxygen atoms in total. The van der Waals surface area contributed by atoms with Gasteiger partial charge in [0.25, 0.3) is 0 Å². The molecule has 1 fully saturated rings. The van der Waals surface area contributed by atoms with E-state index >= 15 is 0 Å². The van der Waals surface area contributed by atoms with Gasteiger partial charge in [-0.15, -0.1) is 0 Å². The molecule has 0 aromatic carbocycles. The summed E-state index contributed by atoms with van der Waals surface area (Å²) in [7, 11) is 1.81. The van der Waals surface area contributed by atoms with E-state index < -0.39 is 5.54 Å². The number of nitrogens with zero attached hydrogens (tertiary/aromatic N) is 2. The maximum atomic E-state index is 12.2. The summed E-state index contributed by atoms with van der Waals surface area (Å²) in [6.07, 6.45) is 0. The van der Waals surface area contributed by atoms with Crippen molar-refractivity contribution >= 4 is 11.8 Å². The minimum atomic E-state index is -0.588. The smallest absolute Gasteiger partial charge is 0.242 e. The van der Waals surface area contributed by atoms with Gasteiger partial charge in [-0.25, -0.2) is 5.84 Å². The van der Waals surface area contributed by atoms with E-state index in [2.05, 4.69) is 10.3 Å². The fourth-order valence-electron chi connectivity index (χ4n) is 2.56. The highest BCUT2D eigenvalue weighted by molar-refractivity contribution is 5.86. The zero-order valence-electron chi connectivity index (χ0n) is 11.9. The minimum Gasteiger partial charge on any atom is -0.343 e. The van der Waals surface area contributed by atoms with E-state index in [4.69, 9.17) is 5.84 Å². The predicted molar refractivity (Wildman–Crippen MR) is 69.4 cm³/mol. The molecule has 2 atom stereocenters. The molecule has 2 unspecified atom stereocenters. The molecule has 2 amide bonds. The van der Waals surface area contributed by atoms with Crippen LogP contribution < -0.4 is 11.3 Å². The molecule has 0 aromatic heterocycles. The number of nitrogens with two attached hydrogens (primary N) is 1. The number of carbonyl (C=O) groups is 2. The number of hydrazine groups is 1. The summed E-state index contributed by atoms with van der Waals surface area (Å²) in [6, 6.07) is -0.0406. The van der Waals surface area contributed by atoms with Crippen LogP contribution in [-0.4, -0.2) is 53.3 Å². The van der Waals surface area contributed by atoms with Crippen molar-refractivity contribution in [1.82, 2.24) is 15.2 Å². The first-order valence-electron chi connectivity index (χ1n) is 6.26. The second-order valence-corrected chi connectivity index (χ2v) is 5.52. The normalized spacial score (nSPS) is 23.7. The van der Waals surface area contributed by atoms with Crippen LogP contribution in [-0.2, 0) is 9.59 Å². The molecule has 0 saturated carbocycles. The Labute approximate surface area is 108 Å². The van der Waals surface area contributed by atoms with Crippen molar-refractivity contribution < 1.29 is 9.59 Å². The lowest BCUT2D eigenvalue weighted by atomic mass is 9.91. The number of piperazine rings is 1. The standard InChI is InChI=1S/C12H24N4O2/c1-8(10(17)14-13)9(2)16-7-6-15(5)11(18)12(16,3)4/h8-9H,6-7,13H2,1-5H3,(H,14,17). The lowest BCUT2D eigenvalue weighted by molar-refractivity contribution is -0.151. The van der Waals surface area contributed by atoms with Crippen molar-refractivity contribution in [2.75, 3.05) is 20.1 Å². The summed E-state index contributed by atoms with van der Waals surface area (Å²) in [6.45, 7) is 9.03. The van der Waals surface area contributed by atoms with Crippen LogP contribution in [0.1, 0.15) is 27.7 Å². The summed E-state index contributed by atoms with van der Waals surface area (Å²) in [4.78, 5) is 27.6. The van der Waals surface area contributed by atoms with Crippen molar-refractivity contribution in [2.45, 2.75) is 39.3 Å². The fraction of sp³-hybridized carbons (Fsp3) is 0.833. The Balaban J connectivity index is 2.89. The first-order chi connectivity index (χ1) is 8.23. The third-order valence-electron chi connectivity index (χ3n) is 4.04. The maximum Gasteiger partial charge on any atom is 0.242 e. The molecule has 0 radical (unpaired) electrons. The predicted octanol–water partition coefficient (Wildman–Crippen LogP) is -0.446. The van der Waals surface area contributed by atoms with Crippen molar-refractivity contribution in [3.63, 3.8) is 0 Å². The molecule has 104 valence electrons. The average Bonchev–Trinajstić information content (AvgIpc) is 2.33. The Bertz CT molecular complexity index is 343. The van der Waals surface area contributed by atoms with Gasteiger partial charge in [-0.1, -0.05) is 6.92 Å². The molecule has 1 rings (SSSR count). The molecular weight excluding hydrogens is 232 g/mol. The van der Waals surface area contributed by atoms with Crippen molar-refractivity contribution in [3.8, 4) is 0 Å². The highest BCUT2D eigenvalue weighted by Crippen LogP contribution is 2.26. The quantitative estimate of drug-likeness (QED) is 0.407. The van der Waals surface area contributed by atoms with Crippen LogP contribution in [0.2, 0.25) is 0 Å². The number of amides is 2. The van der Waals surface area contributed by atoms with Gasteiger partial charge >= 0.3 is 0 Å². The Hall–Kier alpha value is -1.14. The van der Waals surface area contributed by atoms with E-state index in [0.29, 0.717) is 6.54 Å². The number of rotatable bonds is 3. The van der Waals surface area contributed by atoms with Crippen LogP contribution >= 0.6 is 0 Å². The fourth-order valence-corrected chi connectivity index (χ4v) is 2.56. The molecule has 3 N–H and O–H groups in total. The second-order valence-electron chi connectivity index (χ2n) is 5.52. The van der Waals surface area contributed by atoms with Crippen LogP contribution in [0.4, 0.5) is 0 Å². The molecule has 1 aliphatic rings. The molecular formula is C12H24N4O2. The third kappa shape index (κ3) is 2.49. The van der Waals surface area contributed by atoms with Gasteiger partial charge in [0.15, 0.2) is 0 Å². The minimum absolute atomic E-state index is 0.0406. The van der Waals surface area contributed by atoms with Gasteiger partial charge in [0.2, 0.25) is 11.8 Å². The van der Waals surface area contributed by atoms with E-state index in [-0.39, 0.29) is 23.8 Å². The number of hydrogen-bond acceptors (Lipinski definition) is 4. The highest BCUT2D eigenvalue weighted by Gasteiger charge is 2.44. The van der Waals surface area contributed by atoms with E-state index in [0.717, 1.165) is 6.54 Å². The van der Waals surface area contributed by atoms with Crippen LogP contribution in [0.15, 0.2) is 0 Å². The third-order valence-corrected chi connectivity index (χ3v) is 4.04. The molecule has 0 aromatic rings. The first-order valence-corrected chi connectivity index (χ1v) is 6.26. The van der Waals surface area contributed by atoms with Gasteiger partial charge in [0, 0.05) is 26.2 Å². The summed E-state index contributed by atoms with van der Waals surface area (Å²) >= 11 is 0. The summed E-state index contributed by atoms with van der Waals surface area (Å²) in [5.41, 5.74) is 1.58. The zero-order valence-corrected chi connectivity index (χ0v) is 11.9. The van der Waals surface area contributed by atoms with Gasteiger partial charge < -0.3 is 4.90 Å². The van der Waals surface area contributed by atoms with E-state index in [1.807, 2.05) is 34.7 Å². The lowest BCUT2D eigenvalue weighted by Gasteiger charge is -2.48. The van der Waals surface area contributed by atoms with Crippen molar-refractivity contribution in [2.24, 2.45) is 11.8 Å². The van der Waals surface area contributed by atoms with E-state index in [1.165, 1.54) is 0 Å². The van der Waals surface area contributed by atoms with Crippen molar-refractivity contribution in [3.05, 3.63) is 0 Å². The van der Waals surface area contributed by atoms with Crippen molar-refractivity contribution in [1.29, 1.82) is 0 Å². The monoisotopic (exact) mass is 256 g/mol. The Morgan fingerprint density at radius 2 is 1.94 bits per heavy atom. The van der Waals surface area contributed by atoms with E-state index in [1.54, 1.807) is 4.90 Å². The van der Waals surface area contributed by atoms with Gasteiger partial charge in [0.05, 0.1) is 11.5 Å². The van der Waals surface area contributed by atoms with Crippen LogP contribution in [0.5, 0.6) is 0 Å². The Morgan fingerprint density at radius 1 is 1.39 bits per heavy atom. The largest absolute Gasteiger partial charge is 0.343 e. The van der Waals surface area contributed by atoms with Gasteiger partial charge in [-0.2, -0.15) is 0 Å². The number of likely N-dealkylation sites (N-methyl/N-ethyl adjacent to an activating group) is 1. The molecule has 1 heterocycles. The van der Waals surface area contributed by atoms with E-state index in [9.17, 15) is 9.59 Å². The molecule has 0 aliphatic carbocycles. The molecule has 1 aliphatic heterocycles. The molecule has 18 heavy (non-hydrogen) atoms. The average molecular weight is 256 g/mol. The lowest BCUT2D eigenvalue weighted by Crippen LogP contribution is -2.65. The van der Waals surface area contributed by atoms with Crippen LogP contribution in [0, 0.1) is 5.92 Å². The summed E-state index contributed by atoms with van der Waals surface area (Å²) < 4.78 is 0. The number of hydrogen-bond donors (Lipinski definition) is 2. The summed E-state index contributed by atoms with van der Waals surface area (Å²) in [5.74, 6) is 4.79.